The SMILES string of the molecule is CCNC(=O)C(CC)N1CCC(c2cc(C)c(Nc3ncc(Cl)c(N=C(N)/C=C(/C)N)n3)cc2C)CC1. The molecule has 1 aromatic carbocycles. The standard InChI is InChI=1S/C27H39ClN8O/c1-6-23(26(37)31-7-2)36-10-8-19(9-11-36)20-12-17(4)22(13-16(20)3)33-27-32-15-21(28)25(35-27)34-24(30)14-18(5)29/h12-15,19,23H,6-11,29H2,1-5H3,(H,31,37)(H3,30,32,33,34,35)/b18-14-. The van der Waals surface area contributed by atoms with E-state index in [0.29, 0.717) is 29.1 Å². The van der Waals surface area contributed by atoms with Crippen molar-refractivity contribution in [2.24, 2.45) is 16.5 Å². The number of carbonyl (C=O) groups excluding carboxylic acids is 1. The summed E-state index contributed by atoms with van der Waals surface area (Å²) in [4.78, 5) is 27.8. The van der Waals surface area contributed by atoms with Gasteiger partial charge in [0.05, 0.1) is 12.2 Å². The smallest absolute Gasteiger partial charge is 0.237 e. The van der Waals surface area contributed by atoms with Crippen molar-refractivity contribution in [1.82, 2.24) is 20.2 Å². The minimum atomic E-state index is -0.0467. The van der Waals surface area contributed by atoms with Gasteiger partial charge in [-0.1, -0.05) is 24.6 Å². The number of amides is 1. The molecular weight excluding hydrogens is 488 g/mol. The van der Waals surface area contributed by atoms with Crippen molar-refractivity contribution in [2.45, 2.75) is 65.8 Å². The molecule has 1 unspecified atom stereocenters. The predicted molar refractivity (Wildman–Crippen MR) is 152 cm³/mol. The first-order valence-electron chi connectivity index (χ1n) is 12.8. The van der Waals surface area contributed by atoms with Gasteiger partial charge in [-0.2, -0.15) is 4.98 Å². The minimum Gasteiger partial charge on any atom is -0.402 e. The molecule has 2 aromatic rings. The number of allylic oxidation sites excluding steroid dienone is 1. The van der Waals surface area contributed by atoms with Gasteiger partial charge in [-0.15, -0.1) is 0 Å². The summed E-state index contributed by atoms with van der Waals surface area (Å²) >= 11 is 6.22. The van der Waals surface area contributed by atoms with Crippen molar-refractivity contribution in [3.63, 3.8) is 0 Å². The number of carbonyl (C=O) groups is 1. The summed E-state index contributed by atoms with van der Waals surface area (Å²) in [6.45, 7) is 12.5. The number of aliphatic imine (C=N–C) groups is 1. The second-order valence-corrected chi connectivity index (χ2v) is 9.97. The molecule has 0 bridgehead atoms. The van der Waals surface area contributed by atoms with E-state index in [-0.39, 0.29) is 23.6 Å². The van der Waals surface area contributed by atoms with Crippen LogP contribution in [0.2, 0.25) is 5.02 Å². The summed E-state index contributed by atoms with van der Waals surface area (Å²) in [6.07, 6.45) is 5.93. The van der Waals surface area contributed by atoms with Gasteiger partial charge in [-0.05, 0) is 94.8 Å². The number of nitrogens with two attached hydrogens (primary N) is 2. The van der Waals surface area contributed by atoms with Crippen LogP contribution in [0.1, 0.15) is 62.6 Å². The van der Waals surface area contributed by atoms with E-state index in [1.165, 1.54) is 17.3 Å². The zero-order valence-corrected chi connectivity index (χ0v) is 23.2. The summed E-state index contributed by atoms with van der Waals surface area (Å²) < 4.78 is 0. The first-order chi connectivity index (χ1) is 17.6. The Labute approximate surface area is 224 Å². The average Bonchev–Trinajstić information content (AvgIpc) is 2.84. The highest BCUT2D eigenvalue weighted by atomic mass is 35.5. The maximum atomic E-state index is 12.4. The Kier molecular flexibility index (Phi) is 9.88. The van der Waals surface area contributed by atoms with E-state index in [0.717, 1.165) is 43.6 Å². The number of rotatable bonds is 9. The van der Waals surface area contributed by atoms with Gasteiger partial charge in [0.1, 0.15) is 10.9 Å². The molecule has 1 fully saturated rings. The Balaban J connectivity index is 1.73. The first-order valence-corrected chi connectivity index (χ1v) is 13.2. The lowest BCUT2D eigenvalue weighted by Crippen LogP contribution is -2.49. The second-order valence-electron chi connectivity index (χ2n) is 9.57. The van der Waals surface area contributed by atoms with Gasteiger partial charge in [0, 0.05) is 17.9 Å². The van der Waals surface area contributed by atoms with Crippen LogP contribution in [0.25, 0.3) is 0 Å². The monoisotopic (exact) mass is 526 g/mol. The van der Waals surface area contributed by atoms with Crippen molar-refractivity contribution in [2.75, 3.05) is 25.0 Å². The fraction of sp³-hybridized carbons (Fsp3) is 0.481. The zero-order chi connectivity index (χ0) is 27.1. The highest BCUT2D eigenvalue weighted by Crippen LogP contribution is 2.35. The molecule has 9 nitrogen and oxygen atoms in total. The molecule has 200 valence electrons. The van der Waals surface area contributed by atoms with Crippen molar-refractivity contribution >= 4 is 40.8 Å². The maximum Gasteiger partial charge on any atom is 0.237 e. The first kappa shape index (κ1) is 28.4. The molecular formula is C27H39ClN8O. The number of amidine groups is 1. The predicted octanol–water partition coefficient (Wildman–Crippen LogP) is 4.44. The Morgan fingerprint density at radius 2 is 1.95 bits per heavy atom. The molecule has 1 aromatic heterocycles. The topological polar surface area (TPSA) is 135 Å². The van der Waals surface area contributed by atoms with Crippen LogP contribution in [0.15, 0.2) is 35.1 Å². The third-order valence-electron chi connectivity index (χ3n) is 6.65. The normalized spacial score (nSPS) is 16.5. The highest BCUT2D eigenvalue weighted by Gasteiger charge is 2.29. The lowest BCUT2D eigenvalue weighted by Gasteiger charge is -2.37. The molecule has 0 spiro atoms. The molecule has 1 atom stereocenters. The fourth-order valence-electron chi connectivity index (χ4n) is 4.84. The van der Waals surface area contributed by atoms with Gasteiger partial charge < -0.3 is 22.1 Å². The number of aromatic nitrogens is 2. The number of anilines is 2. The second kappa shape index (κ2) is 12.9. The third-order valence-corrected chi connectivity index (χ3v) is 6.91. The minimum absolute atomic E-state index is 0.0467. The van der Waals surface area contributed by atoms with Crippen molar-refractivity contribution < 1.29 is 4.79 Å². The molecule has 1 amide bonds. The highest BCUT2D eigenvalue weighted by molar-refractivity contribution is 6.32. The van der Waals surface area contributed by atoms with E-state index in [1.54, 1.807) is 13.0 Å². The summed E-state index contributed by atoms with van der Waals surface area (Å²) in [7, 11) is 0. The zero-order valence-electron chi connectivity index (χ0n) is 22.4. The Hall–Kier alpha value is -3.17. The molecule has 0 saturated carbocycles. The van der Waals surface area contributed by atoms with Crippen LogP contribution >= 0.6 is 11.6 Å². The van der Waals surface area contributed by atoms with Gasteiger partial charge in [-0.3, -0.25) is 9.69 Å². The number of aryl methyl sites for hydroxylation is 2. The number of halogens is 1. The van der Waals surface area contributed by atoms with Crippen molar-refractivity contribution in [3.05, 3.63) is 51.8 Å². The Morgan fingerprint density at radius 3 is 2.57 bits per heavy atom. The number of likely N-dealkylation sites (tertiary alicyclic amines) is 1. The molecule has 3 rings (SSSR count). The molecule has 0 aliphatic carbocycles. The van der Waals surface area contributed by atoms with Crippen LogP contribution in [0.5, 0.6) is 0 Å². The lowest BCUT2D eigenvalue weighted by molar-refractivity contribution is -0.126. The van der Waals surface area contributed by atoms with E-state index in [4.69, 9.17) is 23.1 Å². The number of piperidine rings is 1. The molecule has 1 aliphatic heterocycles. The van der Waals surface area contributed by atoms with Crippen LogP contribution in [-0.4, -0.2) is 52.3 Å². The quantitative estimate of drug-likeness (QED) is 0.280. The molecule has 6 N–H and O–H groups in total. The van der Waals surface area contributed by atoms with Crippen LogP contribution < -0.4 is 22.1 Å². The number of nitrogens with zero attached hydrogens (tertiary/aromatic N) is 4. The van der Waals surface area contributed by atoms with E-state index in [2.05, 4.69) is 63.4 Å². The van der Waals surface area contributed by atoms with Crippen molar-refractivity contribution in [3.8, 4) is 0 Å². The van der Waals surface area contributed by atoms with E-state index in [9.17, 15) is 4.79 Å². The fourth-order valence-corrected chi connectivity index (χ4v) is 4.97. The summed E-state index contributed by atoms with van der Waals surface area (Å²) in [5.41, 5.74) is 16.7. The van der Waals surface area contributed by atoms with Crippen LogP contribution in [0.4, 0.5) is 17.5 Å². The van der Waals surface area contributed by atoms with E-state index >= 15 is 0 Å². The van der Waals surface area contributed by atoms with Gasteiger partial charge in [0.15, 0.2) is 5.82 Å². The number of hydrogen-bond acceptors (Lipinski definition) is 7. The van der Waals surface area contributed by atoms with Crippen LogP contribution in [0, 0.1) is 13.8 Å². The van der Waals surface area contributed by atoms with E-state index in [1.807, 2.05) is 6.92 Å². The number of benzene rings is 1. The molecule has 0 radical (unpaired) electrons. The summed E-state index contributed by atoms with van der Waals surface area (Å²) in [5.74, 6) is 1.46. The summed E-state index contributed by atoms with van der Waals surface area (Å²) in [6, 6.07) is 4.34. The summed E-state index contributed by atoms with van der Waals surface area (Å²) in [5, 5.41) is 6.57. The van der Waals surface area contributed by atoms with Crippen LogP contribution in [0.3, 0.4) is 0 Å². The Bertz CT molecular complexity index is 1170. The molecule has 2 heterocycles. The van der Waals surface area contributed by atoms with E-state index < -0.39 is 0 Å². The molecule has 10 heteroatoms. The van der Waals surface area contributed by atoms with Gasteiger partial charge in [-0.25, -0.2) is 9.98 Å². The maximum absolute atomic E-state index is 12.4. The molecule has 1 aliphatic rings. The Morgan fingerprint density at radius 1 is 1.24 bits per heavy atom. The van der Waals surface area contributed by atoms with Gasteiger partial charge >= 0.3 is 0 Å². The molecule has 1 saturated heterocycles. The van der Waals surface area contributed by atoms with Gasteiger partial charge in [0.25, 0.3) is 0 Å². The number of likely N-dealkylation sites (N-methyl/N-ethyl adjacent to an activating group) is 1. The average molecular weight is 527 g/mol. The number of nitrogens with one attached hydrogen (secondary N) is 2. The third kappa shape index (κ3) is 7.42. The van der Waals surface area contributed by atoms with Crippen LogP contribution in [-0.2, 0) is 4.79 Å². The largest absolute Gasteiger partial charge is 0.402 e. The number of hydrogen-bond donors (Lipinski definition) is 4. The van der Waals surface area contributed by atoms with Crippen molar-refractivity contribution in [1.29, 1.82) is 0 Å². The lowest BCUT2D eigenvalue weighted by atomic mass is 9.85. The van der Waals surface area contributed by atoms with Gasteiger partial charge in [0.2, 0.25) is 11.9 Å². The molecule has 37 heavy (non-hydrogen) atoms.